The molecule has 0 radical (unpaired) electrons. The fraction of sp³-hybridized carbons (Fsp3) is 0.211. The van der Waals surface area contributed by atoms with Gasteiger partial charge in [0.1, 0.15) is 0 Å². The van der Waals surface area contributed by atoms with Crippen LogP contribution in [-0.2, 0) is 6.42 Å². The molecule has 5 rings (SSSR count). The number of hydrogen-bond donors (Lipinski definition) is 2. The molecule has 27 heavy (non-hydrogen) atoms. The van der Waals surface area contributed by atoms with Gasteiger partial charge in [-0.05, 0) is 23.8 Å². The topological polar surface area (TPSA) is 99.2 Å². The van der Waals surface area contributed by atoms with Gasteiger partial charge in [0.25, 0.3) is 0 Å². The van der Waals surface area contributed by atoms with E-state index >= 15 is 0 Å². The van der Waals surface area contributed by atoms with E-state index in [1.165, 1.54) is 7.11 Å². The molecule has 0 saturated heterocycles. The van der Waals surface area contributed by atoms with Gasteiger partial charge in [-0.2, -0.15) is 0 Å². The number of carboxylic acids is 1. The molecular formula is C19H15NO7. The maximum absolute atomic E-state index is 11.3. The van der Waals surface area contributed by atoms with E-state index < -0.39 is 12.3 Å². The monoisotopic (exact) mass is 369 g/mol. The van der Waals surface area contributed by atoms with Crippen molar-refractivity contribution in [2.75, 3.05) is 13.9 Å². The van der Waals surface area contributed by atoms with E-state index in [0.29, 0.717) is 34.6 Å². The summed E-state index contributed by atoms with van der Waals surface area (Å²) in [5.41, 5.74) is 1.59. The number of aromatic amines is 1. The first-order chi connectivity index (χ1) is 13.1. The predicted molar refractivity (Wildman–Crippen MR) is 93.1 cm³/mol. The quantitative estimate of drug-likeness (QED) is 0.729. The van der Waals surface area contributed by atoms with Crippen LogP contribution in [0.2, 0.25) is 0 Å². The Morgan fingerprint density at radius 3 is 2.70 bits per heavy atom. The van der Waals surface area contributed by atoms with Gasteiger partial charge < -0.3 is 33.8 Å². The molecule has 0 saturated carbocycles. The molecule has 0 fully saturated rings. The summed E-state index contributed by atoms with van der Waals surface area (Å²) in [7, 11) is 1.43. The molecule has 1 aromatic heterocycles. The minimum absolute atomic E-state index is 0.00640. The lowest BCUT2D eigenvalue weighted by molar-refractivity contribution is 0.0502. The molecule has 1 unspecified atom stereocenters. The van der Waals surface area contributed by atoms with E-state index in [1.54, 1.807) is 12.1 Å². The molecule has 2 aliphatic rings. The van der Waals surface area contributed by atoms with E-state index in [0.717, 1.165) is 11.3 Å². The zero-order valence-electron chi connectivity index (χ0n) is 14.3. The molecule has 2 aromatic carbocycles. The first-order valence-electron chi connectivity index (χ1n) is 8.31. The van der Waals surface area contributed by atoms with Gasteiger partial charge in [0.2, 0.25) is 13.1 Å². The predicted octanol–water partition coefficient (Wildman–Crippen LogP) is 2.94. The maximum atomic E-state index is 11.3. The van der Waals surface area contributed by atoms with Crippen molar-refractivity contribution in [2.45, 2.75) is 12.7 Å². The van der Waals surface area contributed by atoms with Crippen LogP contribution in [0.1, 0.15) is 16.1 Å². The zero-order valence-corrected chi connectivity index (χ0v) is 14.3. The molecule has 1 atom stereocenters. The number of carboxylic acid groups (broad SMARTS) is 1. The molecule has 138 valence electrons. The van der Waals surface area contributed by atoms with Gasteiger partial charge in [0.05, 0.1) is 12.6 Å². The van der Waals surface area contributed by atoms with Crippen LogP contribution in [0, 0.1) is 0 Å². The average molecular weight is 369 g/mol. The molecule has 2 N–H and O–H groups in total. The second kappa shape index (κ2) is 5.73. The Morgan fingerprint density at radius 2 is 1.93 bits per heavy atom. The van der Waals surface area contributed by atoms with Gasteiger partial charge >= 0.3 is 5.97 Å². The standard InChI is InChI=1S/C19H15NO7/c1-23-18-10-6-14-15(7-11(10)20-17(18)19(21)22)27-16(26-14)5-9-2-3-12-13(4-9)25-8-24-12/h2-4,6-7,16,20H,5,8H2,1H3,(H,21,22). The number of carbonyl (C=O) groups is 1. The van der Waals surface area contributed by atoms with Gasteiger partial charge in [-0.25, -0.2) is 4.79 Å². The third kappa shape index (κ3) is 2.49. The lowest BCUT2D eigenvalue weighted by atomic mass is 10.1. The average Bonchev–Trinajstić information content (AvgIpc) is 3.34. The van der Waals surface area contributed by atoms with Crippen molar-refractivity contribution in [3.05, 3.63) is 41.6 Å². The molecule has 8 heteroatoms. The Morgan fingerprint density at radius 1 is 1.15 bits per heavy atom. The van der Waals surface area contributed by atoms with Gasteiger partial charge in [0, 0.05) is 17.9 Å². The van der Waals surface area contributed by atoms with Crippen molar-refractivity contribution in [2.24, 2.45) is 0 Å². The second-order valence-corrected chi connectivity index (χ2v) is 6.24. The molecule has 3 aromatic rings. The highest BCUT2D eigenvalue weighted by atomic mass is 16.7. The number of fused-ring (bicyclic) bond motifs is 3. The van der Waals surface area contributed by atoms with Gasteiger partial charge in [0.15, 0.2) is 34.4 Å². The largest absolute Gasteiger partial charge is 0.494 e. The molecule has 0 amide bonds. The lowest BCUT2D eigenvalue weighted by Crippen LogP contribution is -2.20. The van der Waals surface area contributed by atoms with Crippen LogP contribution >= 0.6 is 0 Å². The smallest absolute Gasteiger partial charge is 0.356 e. The molecule has 3 heterocycles. The first kappa shape index (κ1) is 15.7. The number of methoxy groups -OCH3 is 1. The number of H-pyrrole nitrogens is 1. The highest BCUT2D eigenvalue weighted by Crippen LogP contribution is 2.43. The third-order valence-electron chi connectivity index (χ3n) is 4.59. The van der Waals surface area contributed by atoms with Crippen LogP contribution in [-0.4, -0.2) is 36.3 Å². The van der Waals surface area contributed by atoms with E-state index in [-0.39, 0.29) is 18.2 Å². The fourth-order valence-electron chi connectivity index (χ4n) is 3.38. The number of rotatable bonds is 4. The van der Waals surface area contributed by atoms with Crippen LogP contribution < -0.4 is 23.7 Å². The van der Waals surface area contributed by atoms with Crippen LogP contribution in [0.25, 0.3) is 10.9 Å². The number of benzene rings is 2. The number of aromatic nitrogens is 1. The number of aromatic carboxylic acids is 1. The molecule has 8 nitrogen and oxygen atoms in total. The van der Waals surface area contributed by atoms with Crippen molar-refractivity contribution in [3.8, 4) is 28.7 Å². The summed E-state index contributed by atoms with van der Waals surface area (Å²) in [4.78, 5) is 14.2. The van der Waals surface area contributed by atoms with E-state index in [2.05, 4.69) is 4.98 Å². The van der Waals surface area contributed by atoms with E-state index in [4.69, 9.17) is 23.7 Å². The van der Waals surface area contributed by atoms with Gasteiger partial charge in [-0.15, -0.1) is 0 Å². The lowest BCUT2D eigenvalue weighted by Gasteiger charge is -2.10. The second-order valence-electron chi connectivity index (χ2n) is 6.24. The SMILES string of the molecule is COc1c(C(=O)O)[nH]c2cc3c(cc12)OC(Cc1ccc2c(c1)OCO2)O3. The van der Waals surface area contributed by atoms with Crippen molar-refractivity contribution in [1.82, 2.24) is 4.98 Å². The van der Waals surface area contributed by atoms with Crippen molar-refractivity contribution < 1.29 is 33.6 Å². The highest BCUT2D eigenvalue weighted by molar-refractivity contribution is 6.01. The van der Waals surface area contributed by atoms with E-state index in [9.17, 15) is 9.90 Å². The highest BCUT2D eigenvalue weighted by Gasteiger charge is 2.28. The fourth-order valence-corrected chi connectivity index (χ4v) is 3.38. The van der Waals surface area contributed by atoms with E-state index in [1.807, 2.05) is 18.2 Å². The van der Waals surface area contributed by atoms with Gasteiger partial charge in [-0.1, -0.05) is 6.07 Å². The summed E-state index contributed by atoms with van der Waals surface area (Å²) in [6.07, 6.45) is 0.0355. The van der Waals surface area contributed by atoms with Crippen molar-refractivity contribution >= 4 is 16.9 Å². The van der Waals surface area contributed by atoms with Crippen molar-refractivity contribution in [1.29, 1.82) is 0 Å². The van der Waals surface area contributed by atoms with Crippen LogP contribution in [0.15, 0.2) is 30.3 Å². The Bertz CT molecular complexity index is 1070. The van der Waals surface area contributed by atoms with Crippen molar-refractivity contribution in [3.63, 3.8) is 0 Å². The molecule has 0 spiro atoms. The van der Waals surface area contributed by atoms with Crippen LogP contribution in [0.5, 0.6) is 28.7 Å². The Labute approximate surface area is 153 Å². The number of ether oxygens (including phenoxy) is 5. The summed E-state index contributed by atoms with van der Waals surface area (Å²) >= 11 is 0. The normalized spacial score (nSPS) is 16.7. The first-order valence-corrected chi connectivity index (χ1v) is 8.31. The number of nitrogens with one attached hydrogen (secondary N) is 1. The summed E-state index contributed by atoms with van der Waals surface area (Å²) in [5, 5.41) is 9.91. The Hall–Kier alpha value is -3.55. The summed E-state index contributed by atoms with van der Waals surface area (Å²) in [5.74, 6) is 1.71. The van der Waals surface area contributed by atoms with Crippen LogP contribution in [0.4, 0.5) is 0 Å². The third-order valence-corrected chi connectivity index (χ3v) is 4.59. The Balaban J connectivity index is 1.42. The molecule has 2 aliphatic heterocycles. The summed E-state index contributed by atoms with van der Waals surface area (Å²) in [6.45, 7) is 0.229. The summed E-state index contributed by atoms with van der Waals surface area (Å²) in [6, 6.07) is 9.16. The molecule has 0 bridgehead atoms. The molecule has 0 aliphatic carbocycles. The minimum atomic E-state index is -1.09. The molecular weight excluding hydrogens is 354 g/mol. The van der Waals surface area contributed by atoms with Gasteiger partial charge in [-0.3, -0.25) is 0 Å². The maximum Gasteiger partial charge on any atom is 0.356 e. The minimum Gasteiger partial charge on any atom is -0.494 e. The number of hydrogen-bond acceptors (Lipinski definition) is 6. The zero-order chi connectivity index (χ0) is 18.5. The Kier molecular flexibility index (Phi) is 3.33. The van der Waals surface area contributed by atoms with Crippen LogP contribution in [0.3, 0.4) is 0 Å². The summed E-state index contributed by atoms with van der Waals surface area (Å²) < 4.78 is 27.7.